The van der Waals surface area contributed by atoms with Crippen LogP contribution in [0.4, 0.5) is 0 Å². The highest BCUT2D eigenvalue weighted by atomic mass is 16.2. The Balaban J connectivity index is 1.82. The molecule has 0 spiro atoms. The number of carbonyl (C=O) groups is 1. The van der Waals surface area contributed by atoms with Crippen LogP contribution in [0, 0.1) is 0 Å². The fourth-order valence-corrected chi connectivity index (χ4v) is 2.62. The number of likely N-dealkylation sites (tertiary alicyclic amines) is 1. The monoisotopic (exact) mass is 283 g/mol. The van der Waals surface area contributed by atoms with Crippen molar-refractivity contribution >= 4 is 5.91 Å². The second-order valence-corrected chi connectivity index (χ2v) is 5.22. The molecule has 1 aromatic carbocycles. The predicted molar refractivity (Wildman–Crippen MR) is 80.0 cm³/mol. The van der Waals surface area contributed by atoms with Gasteiger partial charge in [-0.3, -0.25) is 9.59 Å². The fraction of sp³-hybridized carbons (Fsp3) is 0.312. The largest absolute Gasteiger partial charge is 0.339 e. The van der Waals surface area contributed by atoms with Crippen molar-refractivity contribution in [1.82, 2.24) is 14.9 Å². The Bertz CT molecular complexity index is 685. The summed E-state index contributed by atoms with van der Waals surface area (Å²) in [6.07, 6.45) is 6.25. The van der Waals surface area contributed by atoms with E-state index in [0.29, 0.717) is 11.1 Å². The maximum absolute atomic E-state index is 12.4. The molecule has 21 heavy (non-hydrogen) atoms. The van der Waals surface area contributed by atoms with Crippen LogP contribution < -0.4 is 5.56 Å². The van der Waals surface area contributed by atoms with E-state index < -0.39 is 0 Å². The lowest BCUT2D eigenvalue weighted by Crippen LogP contribution is -2.35. The Morgan fingerprint density at radius 2 is 1.81 bits per heavy atom. The number of nitrogens with one attached hydrogen (secondary N) is 1. The summed E-state index contributed by atoms with van der Waals surface area (Å²) in [5, 5.41) is 0. The molecule has 0 atom stereocenters. The molecular weight excluding hydrogens is 266 g/mol. The molecule has 1 fully saturated rings. The molecule has 0 aliphatic carbocycles. The Morgan fingerprint density at radius 1 is 1.10 bits per heavy atom. The molecule has 2 heterocycles. The van der Waals surface area contributed by atoms with Crippen LogP contribution in [0.5, 0.6) is 0 Å². The molecule has 5 heteroatoms. The molecule has 2 aromatic rings. The highest BCUT2D eigenvalue weighted by Gasteiger charge is 2.18. The predicted octanol–water partition coefficient (Wildman–Crippen LogP) is 2.06. The van der Waals surface area contributed by atoms with Gasteiger partial charge in [0.25, 0.3) is 11.5 Å². The van der Waals surface area contributed by atoms with Crippen molar-refractivity contribution in [1.29, 1.82) is 0 Å². The molecule has 1 amide bonds. The van der Waals surface area contributed by atoms with Gasteiger partial charge in [-0.05, 0) is 37.0 Å². The third kappa shape index (κ3) is 2.86. The van der Waals surface area contributed by atoms with Gasteiger partial charge in [-0.25, -0.2) is 4.98 Å². The van der Waals surface area contributed by atoms with Crippen LogP contribution in [0.3, 0.4) is 0 Å². The van der Waals surface area contributed by atoms with E-state index in [-0.39, 0.29) is 11.5 Å². The topological polar surface area (TPSA) is 66.1 Å². The van der Waals surface area contributed by atoms with Gasteiger partial charge in [-0.15, -0.1) is 0 Å². The van der Waals surface area contributed by atoms with Crippen molar-refractivity contribution in [2.45, 2.75) is 19.3 Å². The third-order valence-corrected chi connectivity index (χ3v) is 3.80. The number of hydrogen-bond donors (Lipinski definition) is 1. The molecule has 1 N–H and O–H groups in total. The average Bonchev–Trinajstić information content (AvgIpc) is 2.56. The normalized spacial score (nSPS) is 15.0. The number of H-pyrrole nitrogens is 1. The zero-order valence-electron chi connectivity index (χ0n) is 11.7. The Hall–Kier alpha value is -2.43. The number of amides is 1. The van der Waals surface area contributed by atoms with Crippen LogP contribution >= 0.6 is 0 Å². The van der Waals surface area contributed by atoms with Crippen LogP contribution in [-0.4, -0.2) is 33.9 Å². The molecule has 0 bridgehead atoms. The first-order chi connectivity index (χ1) is 10.3. The molecule has 3 rings (SSSR count). The molecule has 5 nitrogen and oxygen atoms in total. The SMILES string of the molecule is O=C(c1ccc(-c2cnc[nH]c2=O)cc1)N1CCCCC1. The molecule has 1 aromatic heterocycles. The van der Waals surface area contributed by atoms with E-state index in [0.717, 1.165) is 31.5 Å². The first-order valence-corrected chi connectivity index (χ1v) is 7.18. The molecule has 1 aliphatic heterocycles. The molecule has 1 aliphatic rings. The first kappa shape index (κ1) is 13.5. The molecule has 0 saturated carbocycles. The summed E-state index contributed by atoms with van der Waals surface area (Å²) >= 11 is 0. The maximum Gasteiger partial charge on any atom is 0.258 e. The van der Waals surface area contributed by atoms with E-state index in [4.69, 9.17) is 0 Å². The average molecular weight is 283 g/mol. The van der Waals surface area contributed by atoms with Gasteiger partial charge in [0.05, 0.1) is 11.9 Å². The number of aromatic amines is 1. The zero-order valence-corrected chi connectivity index (χ0v) is 11.7. The second-order valence-electron chi connectivity index (χ2n) is 5.22. The number of benzene rings is 1. The fourth-order valence-electron chi connectivity index (χ4n) is 2.62. The minimum absolute atomic E-state index is 0.0707. The summed E-state index contributed by atoms with van der Waals surface area (Å²) in [5.41, 5.74) is 1.76. The summed E-state index contributed by atoms with van der Waals surface area (Å²) in [4.78, 5) is 32.4. The first-order valence-electron chi connectivity index (χ1n) is 7.18. The lowest BCUT2D eigenvalue weighted by Gasteiger charge is -2.26. The van der Waals surface area contributed by atoms with Crippen LogP contribution in [0.15, 0.2) is 41.6 Å². The van der Waals surface area contributed by atoms with E-state index in [9.17, 15) is 9.59 Å². The van der Waals surface area contributed by atoms with Gasteiger partial charge in [0.2, 0.25) is 0 Å². The number of rotatable bonds is 2. The quantitative estimate of drug-likeness (QED) is 0.917. The summed E-state index contributed by atoms with van der Waals surface area (Å²) in [5.74, 6) is 0.0707. The number of hydrogen-bond acceptors (Lipinski definition) is 3. The van der Waals surface area contributed by atoms with E-state index in [1.807, 2.05) is 4.90 Å². The van der Waals surface area contributed by atoms with Gasteiger partial charge >= 0.3 is 0 Å². The standard InChI is InChI=1S/C16H17N3O2/c20-15-14(10-17-11-18-15)12-4-6-13(7-5-12)16(21)19-8-2-1-3-9-19/h4-7,10-11H,1-3,8-9H2,(H,17,18,20). The Morgan fingerprint density at radius 3 is 2.48 bits per heavy atom. The Labute approximate surface area is 122 Å². The number of piperidine rings is 1. The highest BCUT2D eigenvalue weighted by molar-refractivity contribution is 5.94. The minimum atomic E-state index is -0.180. The summed E-state index contributed by atoms with van der Waals surface area (Å²) in [6, 6.07) is 7.14. The van der Waals surface area contributed by atoms with Crippen LogP contribution in [0.1, 0.15) is 29.6 Å². The van der Waals surface area contributed by atoms with E-state index >= 15 is 0 Å². The molecule has 0 radical (unpaired) electrons. The van der Waals surface area contributed by atoms with Crippen molar-refractivity contribution in [2.75, 3.05) is 13.1 Å². The highest BCUT2D eigenvalue weighted by Crippen LogP contribution is 2.17. The number of nitrogens with zero attached hydrogens (tertiary/aromatic N) is 2. The minimum Gasteiger partial charge on any atom is -0.339 e. The lowest BCUT2D eigenvalue weighted by molar-refractivity contribution is 0.0724. The lowest BCUT2D eigenvalue weighted by atomic mass is 10.0. The van der Waals surface area contributed by atoms with Crippen LogP contribution in [0.2, 0.25) is 0 Å². The van der Waals surface area contributed by atoms with Gasteiger partial charge in [0.1, 0.15) is 0 Å². The summed E-state index contributed by atoms with van der Waals surface area (Å²) < 4.78 is 0. The van der Waals surface area contributed by atoms with Gasteiger partial charge in [0, 0.05) is 24.8 Å². The Kier molecular flexibility index (Phi) is 3.81. The van der Waals surface area contributed by atoms with Crippen LogP contribution in [0.25, 0.3) is 11.1 Å². The number of carbonyl (C=O) groups excluding carboxylic acids is 1. The van der Waals surface area contributed by atoms with Gasteiger partial charge in [-0.1, -0.05) is 12.1 Å². The smallest absolute Gasteiger partial charge is 0.258 e. The molecule has 108 valence electrons. The van der Waals surface area contributed by atoms with Crippen molar-refractivity contribution in [2.24, 2.45) is 0 Å². The molecule has 1 saturated heterocycles. The second kappa shape index (κ2) is 5.91. The van der Waals surface area contributed by atoms with E-state index in [1.54, 1.807) is 24.3 Å². The number of aromatic nitrogens is 2. The van der Waals surface area contributed by atoms with Crippen molar-refractivity contribution in [3.8, 4) is 11.1 Å². The van der Waals surface area contributed by atoms with E-state index in [1.165, 1.54) is 18.9 Å². The van der Waals surface area contributed by atoms with Gasteiger partial charge in [0.15, 0.2) is 0 Å². The van der Waals surface area contributed by atoms with Gasteiger partial charge in [-0.2, -0.15) is 0 Å². The zero-order chi connectivity index (χ0) is 14.7. The third-order valence-electron chi connectivity index (χ3n) is 3.80. The molecular formula is C16H17N3O2. The van der Waals surface area contributed by atoms with Crippen molar-refractivity contribution < 1.29 is 4.79 Å². The van der Waals surface area contributed by atoms with Crippen molar-refractivity contribution in [3.63, 3.8) is 0 Å². The van der Waals surface area contributed by atoms with Crippen LogP contribution in [-0.2, 0) is 0 Å². The van der Waals surface area contributed by atoms with E-state index in [2.05, 4.69) is 9.97 Å². The molecule has 0 unspecified atom stereocenters. The van der Waals surface area contributed by atoms with Crippen molar-refractivity contribution in [3.05, 3.63) is 52.7 Å². The maximum atomic E-state index is 12.4. The summed E-state index contributed by atoms with van der Waals surface area (Å²) in [7, 11) is 0. The van der Waals surface area contributed by atoms with Gasteiger partial charge < -0.3 is 9.88 Å². The summed E-state index contributed by atoms with van der Waals surface area (Å²) in [6.45, 7) is 1.67.